The Hall–Kier alpha value is -2.05. The van der Waals surface area contributed by atoms with E-state index < -0.39 is 59.2 Å². The summed E-state index contributed by atoms with van der Waals surface area (Å²) < 4.78 is 68.2. The van der Waals surface area contributed by atoms with Crippen molar-refractivity contribution in [3.8, 4) is 0 Å². The molecule has 1 aliphatic heterocycles. The van der Waals surface area contributed by atoms with Crippen LogP contribution in [0.3, 0.4) is 0 Å². The van der Waals surface area contributed by atoms with Crippen LogP contribution in [0.5, 0.6) is 0 Å². The molecule has 1 fully saturated rings. The van der Waals surface area contributed by atoms with E-state index in [0.717, 1.165) is 11.3 Å². The molecule has 0 saturated carbocycles. The van der Waals surface area contributed by atoms with E-state index in [1.54, 1.807) is 5.38 Å². The molecule has 5 nitrogen and oxygen atoms in total. The minimum absolute atomic E-state index is 0.155. The van der Waals surface area contributed by atoms with Crippen molar-refractivity contribution >= 4 is 39.1 Å². The zero-order valence-electron chi connectivity index (χ0n) is 12.3. The van der Waals surface area contributed by atoms with E-state index in [1.165, 1.54) is 6.07 Å². The second-order valence-corrected chi connectivity index (χ2v) is 7.02. The maximum Gasteiger partial charge on any atom is 0.268 e. The quantitative estimate of drug-likeness (QED) is 0.325. The first-order valence-electron chi connectivity index (χ1n) is 6.72. The van der Waals surface area contributed by atoms with Crippen molar-refractivity contribution in [2.24, 2.45) is 0 Å². The number of carbonyl (C=O) groups is 2. The summed E-state index contributed by atoms with van der Waals surface area (Å²) in [5.74, 6) is -14.2. The van der Waals surface area contributed by atoms with Gasteiger partial charge in [0.05, 0.1) is 4.88 Å². The lowest BCUT2D eigenvalue weighted by Crippen LogP contribution is -2.35. The number of hydroxylamine groups is 2. The van der Waals surface area contributed by atoms with Gasteiger partial charge in [-0.25, -0.2) is 22.0 Å². The van der Waals surface area contributed by atoms with E-state index >= 15 is 0 Å². The van der Waals surface area contributed by atoms with E-state index in [0.29, 0.717) is 9.37 Å². The number of amides is 2. The van der Waals surface area contributed by atoms with Gasteiger partial charge in [0.1, 0.15) is 12.1 Å². The first-order valence-corrected chi connectivity index (χ1v) is 8.39. The second kappa shape index (κ2) is 6.59. The third-order valence-electron chi connectivity index (χ3n) is 3.61. The molecular formula is C14H6BrF5N2O3S. The minimum atomic E-state index is -2.41. The summed E-state index contributed by atoms with van der Waals surface area (Å²) >= 11 is 4.12. The van der Waals surface area contributed by atoms with Crippen LogP contribution in [0.25, 0.3) is 0 Å². The summed E-state index contributed by atoms with van der Waals surface area (Å²) in [5, 5.41) is 11.6. The summed E-state index contributed by atoms with van der Waals surface area (Å²) in [6.07, 6.45) is -1.47. The smallest absolute Gasteiger partial charge is 0.268 e. The number of benzene rings is 1. The highest BCUT2D eigenvalue weighted by Gasteiger charge is 2.44. The van der Waals surface area contributed by atoms with Gasteiger partial charge in [-0.15, -0.1) is 11.3 Å². The Bertz CT molecular complexity index is 909. The van der Waals surface area contributed by atoms with Crippen LogP contribution in [0.2, 0.25) is 0 Å². The van der Waals surface area contributed by atoms with Crippen LogP contribution in [0.15, 0.2) is 15.9 Å². The maximum atomic E-state index is 13.9. The lowest BCUT2D eigenvalue weighted by Gasteiger charge is -2.25. The van der Waals surface area contributed by atoms with Crippen molar-refractivity contribution in [1.82, 2.24) is 9.96 Å². The Balaban J connectivity index is 2.11. The van der Waals surface area contributed by atoms with E-state index in [-0.39, 0.29) is 9.94 Å². The average molecular weight is 457 g/mol. The van der Waals surface area contributed by atoms with Gasteiger partial charge in [-0.3, -0.25) is 14.8 Å². The highest BCUT2D eigenvalue weighted by molar-refractivity contribution is 9.10. The zero-order valence-corrected chi connectivity index (χ0v) is 14.7. The average Bonchev–Trinajstić information content (AvgIpc) is 3.15. The molecular weight excluding hydrogens is 451 g/mol. The predicted molar refractivity (Wildman–Crippen MR) is 80.7 cm³/mol. The lowest BCUT2D eigenvalue weighted by molar-refractivity contribution is -0.168. The highest BCUT2D eigenvalue weighted by atomic mass is 79.9. The topological polar surface area (TPSA) is 60.9 Å². The molecule has 0 bridgehead atoms. The predicted octanol–water partition coefficient (Wildman–Crippen LogP) is 3.58. The molecule has 0 radical (unpaired) electrons. The van der Waals surface area contributed by atoms with Gasteiger partial charge >= 0.3 is 0 Å². The Kier molecular flexibility index (Phi) is 4.75. The molecule has 1 unspecified atom stereocenters. The van der Waals surface area contributed by atoms with Gasteiger partial charge in [0, 0.05) is 9.85 Å². The molecule has 12 heteroatoms. The SMILES string of the molecule is O=C1CN(C(=O)c2c(F)c(F)c(F)c(F)c2F)C(c2cc(Br)cs2)N1O. The molecule has 1 aromatic carbocycles. The van der Waals surface area contributed by atoms with Crippen molar-refractivity contribution in [3.63, 3.8) is 0 Å². The fourth-order valence-corrected chi connectivity index (χ4v) is 3.97. The summed E-state index contributed by atoms with van der Waals surface area (Å²) in [7, 11) is 0. The molecule has 1 saturated heterocycles. The standard InChI is InChI=1S/C14H6BrF5N2O3S/c15-4-1-5(26-3-4)13-21(2-6(23)22(13)25)14(24)7-8(16)10(18)12(20)11(19)9(7)17/h1,3,13,25H,2H2. The van der Waals surface area contributed by atoms with Gasteiger partial charge in [-0.1, -0.05) is 0 Å². The molecule has 0 spiro atoms. The molecule has 26 heavy (non-hydrogen) atoms. The van der Waals surface area contributed by atoms with Crippen LogP contribution in [-0.4, -0.2) is 33.5 Å². The van der Waals surface area contributed by atoms with E-state index in [2.05, 4.69) is 15.9 Å². The summed E-state index contributed by atoms with van der Waals surface area (Å²) in [6, 6.07) is 1.43. The minimum Gasteiger partial charge on any atom is -0.302 e. The Labute approximate surface area is 154 Å². The van der Waals surface area contributed by atoms with Gasteiger partial charge < -0.3 is 4.90 Å². The monoisotopic (exact) mass is 456 g/mol. The molecule has 2 amide bonds. The van der Waals surface area contributed by atoms with Crippen LogP contribution in [0.1, 0.15) is 21.4 Å². The Morgan fingerprint density at radius 2 is 1.65 bits per heavy atom. The van der Waals surface area contributed by atoms with Crippen LogP contribution in [0, 0.1) is 29.1 Å². The number of halogens is 6. The molecule has 0 aliphatic carbocycles. The van der Waals surface area contributed by atoms with Crippen LogP contribution in [-0.2, 0) is 4.79 Å². The van der Waals surface area contributed by atoms with Crippen LogP contribution < -0.4 is 0 Å². The number of hydrogen-bond acceptors (Lipinski definition) is 4. The zero-order chi connectivity index (χ0) is 19.3. The van der Waals surface area contributed by atoms with Crippen molar-refractivity contribution in [2.75, 3.05) is 6.54 Å². The fraction of sp³-hybridized carbons (Fsp3) is 0.143. The van der Waals surface area contributed by atoms with Gasteiger partial charge in [0.25, 0.3) is 11.8 Å². The van der Waals surface area contributed by atoms with Crippen molar-refractivity contribution in [2.45, 2.75) is 6.17 Å². The summed E-state index contributed by atoms with van der Waals surface area (Å²) in [4.78, 5) is 25.0. The van der Waals surface area contributed by atoms with Gasteiger partial charge in [-0.2, -0.15) is 5.06 Å². The van der Waals surface area contributed by atoms with Crippen molar-refractivity contribution < 1.29 is 36.7 Å². The number of hydrogen-bond donors (Lipinski definition) is 1. The van der Waals surface area contributed by atoms with Crippen LogP contribution >= 0.6 is 27.3 Å². The van der Waals surface area contributed by atoms with Gasteiger partial charge in [-0.05, 0) is 22.0 Å². The van der Waals surface area contributed by atoms with Crippen LogP contribution in [0.4, 0.5) is 22.0 Å². The second-order valence-electron chi connectivity index (χ2n) is 5.16. The van der Waals surface area contributed by atoms with E-state index in [9.17, 15) is 36.7 Å². The first kappa shape index (κ1) is 18.7. The molecule has 138 valence electrons. The fourth-order valence-electron chi connectivity index (χ4n) is 2.43. The molecule has 1 aliphatic rings. The largest absolute Gasteiger partial charge is 0.302 e. The van der Waals surface area contributed by atoms with Gasteiger partial charge in [0.2, 0.25) is 5.82 Å². The number of rotatable bonds is 2. The molecule has 3 rings (SSSR count). The van der Waals surface area contributed by atoms with Crippen molar-refractivity contribution in [1.29, 1.82) is 0 Å². The molecule has 1 atom stereocenters. The molecule has 1 N–H and O–H groups in total. The van der Waals surface area contributed by atoms with Gasteiger partial charge in [0.15, 0.2) is 29.4 Å². The Morgan fingerprint density at radius 3 is 2.15 bits per heavy atom. The lowest BCUT2D eigenvalue weighted by atomic mass is 10.1. The Morgan fingerprint density at radius 1 is 1.12 bits per heavy atom. The maximum absolute atomic E-state index is 13.9. The number of thiophene rings is 1. The van der Waals surface area contributed by atoms with E-state index in [4.69, 9.17) is 0 Å². The molecule has 2 aromatic rings. The van der Waals surface area contributed by atoms with E-state index in [1.807, 2.05) is 0 Å². The molecule has 1 aromatic heterocycles. The van der Waals surface area contributed by atoms with Crippen molar-refractivity contribution in [3.05, 3.63) is 55.4 Å². The normalized spacial score (nSPS) is 17.3. The number of nitrogens with zero attached hydrogens (tertiary/aromatic N) is 2. The third kappa shape index (κ3) is 2.77. The summed E-state index contributed by atoms with van der Waals surface area (Å²) in [5.41, 5.74) is -1.70. The first-order chi connectivity index (χ1) is 12.1. The molecule has 2 heterocycles. The number of carbonyl (C=O) groups excluding carboxylic acids is 2. The third-order valence-corrected chi connectivity index (χ3v) is 5.35. The highest BCUT2D eigenvalue weighted by Crippen LogP contribution is 2.36. The summed E-state index contributed by atoms with van der Waals surface area (Å²) in [6.45, 7) is -0.811.